The van der Waals surface area contributed by atoms with Crippen molar-refractivity contribution in [3.8, 4) is 0 Å². The first-order chi connectivity index (χ1) is 10.5. The van der Waals surface area contributed by atoms with Crippen LogP contribution in [0.1, 0.15) is 6.92 Å². The second-order valence-electron chi connectivity index (χ2n) is 4.73. The van der Waals surface area contributed by atoms with Crippen molar-refractivity contribution in [3.63, 3.8) is 0 Å². The van der Waals surface area contributed by atoms with Crippen LogP contribution in [0, 0.1) is 11.6 Å². The van der Waals surface area contributed by atoms with Gasteiger partial charge in [-0.15, -0.1) is 0 Å². The lowest BCUT2D eigenvalue weighted by molar-refractivity contribution is 0.0868. The largest absolute Gasteiger partial charge is 0.450 e. The monoisotopic (exact) mass is 313 g/mol. The van der Waals surface area contributed by atoms with Crippen molar-refractivity contribution in [1.82, 2.24) is 9.80 Å². The topological polar surface area (TPSA) is 61.9 Å². The van der Waals surface area contributed by atoms with Crippen molar-refractivity contribution in [2.75, 3.05) is 38.1 Å². The average Bonchev–Trinajstić information content (AvgIpc) is 2.51. The van der Waals surface area contributed by atoms with Gasteiger partial charge in [0.2, 0.25) is 0 Å². The highest BCUT2D eigenvalue weighted by Crippen LogP contribution is 2.14. The second kappa shape index (κ2) is 7.06. The van der Waals surface area contributed by atoms with Crippen LogP contribution in [0.2, 0.25) is 0 Å². The average molecular weight is 313 g/mol. The molecule has 0 aromatic heterocycles. The van der Waals surface area contributed by atoms with Gasteiger partial charge >= 0.3 is 12.1 Å². The minimum atomic E-state index is -1.02. The number of piperazine rings is 1. The van der Waals surface area contributed by atoms with E-state index in [2.05, 4.69) is 5.32 Å². The van der Waals surface area contributed by atoms with Crippen LogP contribution in [0.3, 0.4) is 0 Å². The van der Waals surface area contributed by atoms with Gasteiger partial charge < -0.3 is 19.9 Å². The molecule has 1 saturated heterocycles. The Balaban J connectivity index is 1.87. The Labute approximate surface area is 126 Å². The van der Waals surface area contributed by atoms with Crippen LogP contribution >= 0.6 is 0 Å². The van der Waals surface area contributed by atoms with E-state index in [-0.39, 0.29) is 5.69 Å². The minimum Gasteiger partial charge on any atom is -0.450 e. The van der Waals surface area contributed by atoms with Gasteiger partial charge in [0, 0.05) is 37.9 Å². The van der Waals surface area contributed by atoms with E-state index in [1.54, 1.807) is 6.92 Å². The second-order valence-corrected chi connectivity index (χ2v) is 4.73. The van der Waals surface area contributed by atoms with Crippen molar-refractivity contribution >= 4 is 17.8 Å². The molecule has 1 N–H and O–H groups in total. The van der Waals surface area contributed by atoms with Gasteiger partial charge in [0.05, 0.1) is 6.61 Å². The highest BCUT2D eigenvalue weighted by molar-refractivity contribution is 5.89. The fourth-order valence-electron chi connectivity index (χ4n) is 2.08. The van der Waals surface area contributed by atoms with E-state index in [1.807, 2.05) is 0 Å². The van der Waals surface area contributed by atoms with E-state index in [1.165, 1.54) is 15.9 Å². The van der Waals surface area contributed by atoms with E-state index in [0.717, 1.165) is 12.1 Å². The molecule has 0 spiro atoms. The van der Waals surface area contributed by atoms with E-state index >= 15 is 0 Å². The zero-order valence-corrected chi connectivity index (χ0v) is 12.1. The van der Waals surface area contributed by atoms with Crippen molar-refractivity contribution in [3.05, 3.63) is 29.8 Å². The molecule has 120 valence electrons. The SMILES string of the molecule is CCOC(=O)N1CCN(C(=O)Nc2ccc(F)c(F)c2)CC1. The van der Waals surface area contributed by atoms with Gasteiger partial charge in [-0.3, -0.25) is 0 Å². The van der Waals surface area contributed by atoms with Gasteiger partial charge in [-0.1, -0.05) is 0 Å². The Morgan fingerprint density at radius 3 is 2.36 bits per heavy atom. The Morgan fingerprint density at radius 1 is 1.14 bits per heavy atom. The maximum atomic E-state index is 13.1. The standard InChI is InChI=1S/C14H17F2N3O3/c1-2-22-14(21)19-7-5-18(6-8-19)13(20)17-10-3-4-11(15)12(16)9-10/h3-4,9H,2,5-8H2,1H3,(H,17,20). The molecule has 0 bridgehead atoms. The fraction of sp³-hybridized carbons (Fsp3) is 0.429. The van der Waals surface area contributed by atoms with E-state index in [9.17, 15) is 18.4 Å². The maximum Gasteiger partial charge on any atom is 0.409 e. The number of hydrogen-bond acceptors (Lipinski definition) is 3. The third-order valence-corrected chi connectivity index (χ3v) is 3.26. The Kier molecular flexibility index (Phi) is 5.13. The molecule has 1 fully saturated rings. The van der Waals surface area contributed by atoms with Gasteiger partial charge in [0.1, 0.15) is 0 Å². The molecule has 0 saturated carbocycles. The fourth-order valence-corrected chi connectivity index (χ4v) is 2.08. The van der Waals surface area contributed by atoms with Crippen molar-refractivity contribution < 1.29 is 23.1 Å². The summed E-state index contributed by atoms with van der Waals surface area (Å²) in [7, 11) is 0. The Morgan fingerprint density at radius 2 is 1.77 bits per heavy atom. The molecule has 0 unspecified atom stereocenters. The number of benzene rings is 1. The molecule has 1 aliphatic rings. The molecule has 0 atom stereocenters. The molecule has 1 aromatic rings. The lowest BCUT2D eigenvalue weighted by atomic mass is 10.3. The Bertz CT molecular complexity index is 560. The Hall–Kier alpha value is -2.38. The van der Waals surface area contributed by atoms with Crippen LogP contribution in [-0.4, -0.2) is 54.7 Å². The quantitative estimate of drug-likeness (QED) is 0.911. The van der Waals surface area contributed by atoms with Crippen LogP contribution < -0.4 is 5.32 Å². The van der Waals surface area contributed by atoms with Crippen LogP contribution in [-0.2, 0) is 4.74 Å². The summed E-state index contributed by atoms with van der Waals surface area (Å²) in [6, 6.07) is 2.73. The summed E-state index contributed by atoms with van der Waals surface area (Å²) in [6.45, 7) is 3.44. The predicted octanol–water partition coefficient (Wildman–Crippen LogP) is 2.27. The number of carbonyl (C=O) groups excluding carboxylic acids is 2. The first kappa shape index (κ1) is 16.0. The van der Waals surface area contributed by atoms with Crippen LogP contribution in [0.25, 0.3) is 0 Å². The summed E-state index contributed by atoms with van der Waals surface area (Å²) in [6.07, 6.45) is -0.400. The lowest BCUT2D eigenvalue weighted by Gasteiger charge is -2.33. The molecule has 8 heteroatoms. The predicted molar refractivity (Wildman–Crippen MR) is 75.5 cm³/mol. The molecular weight excluding hydrogens is 296 g/mol. The summed E-state index contributed by atoms with van der Waals surface area (Å²) in [5.74, 6) is -1.99. The third-order valence-electron chi connectivity index (χ3n) is 3.26. The number of nitrogens with zero attached hydrogens (tertiary/aromatic N) is 2. The number of hydrogen-bond donors (Lipinski definition) is 1. The smallest absolute Gasteiger partial charge is 0.409 e. The van der Waals surface area contributed by atoms with Gasteiger partial charge in [0.25, 0.3) is 0 Å². The summed E-state index contributed by atoms with van der Waals surface area (Å²) in [5, 5.41) is 2.49. The molecule has 2 rings (SSSR count). The number of ether oxygens (including phenoxy) is 1. The molecule has 1 aliphatic heterocycles. The summed E-state index contributed by atoms with van der Waals surface area (Å²) < 4.78 is 30.8. The maximum absolute atomic E-state index is 13.1. The van der Waals surface area contributed by atoms with Crippen LogP contribution in [0.5, 0.6) is 0 Å². The number of rotatable bonds is 2. The van der Waals surface area contributed by atoms with Crippen LogP contribution in [0.15, 0.2) is 18.2 Å². The third kappa shape index (κ3) is 3.84. The molecule has 0 radical (unpaired) electrons. The number of carbonyl (C=O) groups is 2. The normalized spacial score (nSPS) is 14.7. The van der Waals surface area contributed by atoms with E-state index < -0.39 is 23.8 Å². The number of amides is 3. The van der Waals surface area contributed by atoms with Gasteiger partial charge in [-0.25, -0.2) is 18.4 Å². The number of anilines is 1. The summed E-state index contributed by atoms with van der Waals surface area (Å²) in [4.78, 5) is 26.6. The zero-order chi connectivity index (χ0) is 16.1. The molecule has 6 nitrogen and oxygen atoms in total. The van der Waals surface area contributed by atoms with Crippen molar-refractivity contribution in [1.29, 1.82) is 0 Å². The first-order valence-corrected chi connectivity index (χ1v) is 6.94. The number of halogens is 2. The van der Waals surface area contributed by atoms with Gasteiger partial charge in [-0.05, 0) is 19.1 Å². The molecular formula is C14H17F2N3O3. The lowest BCUT2D eigenvalue weighted by Crippen LogP contribution is -2.51. The molecule has 1 heterocycles. The van der Waals surface area contributed by atoms with E-state index in [4.69, 9.17) is 4.74 Å². The summed E-state index contributed by atoms with van der Waals surface area (Å²) in [5.41, 5.74) is 0.178. The van der Waals surface area contributed by atoms with Crippen molar-refractivity contribution in [2.24, 2.45) is 0 Å². The highest BCUT2D eigenvalue weighted by atomic mass is 19.2. The van der Waals surface area contributed by atoms with Gasteiger partial charge in [-0.2, -0.15) is 0 Å². The summed E-state index contributed by atoms with van der Waals surface area (Å²) >= 11 is 0. The number of urea groups is 1. The molecule has 0 aliphatic carbocycles. The first-order valence-electron chi connectivity index (χ1n) is 6.94. The van der Waals surface area contributed by atoms with E-state index in [0.29, 0.717) is 32.8 Å². The molecule has 3 amide bonds. The molecule has 1 aromatic carbocycles. The van der Waals surface area contributed by atoms with Crippen molar-refractivity contribution in [2.45, 2.75) is 6.92 Å². The van der Waals surface area contributed by atoms with Crippen LogP contribution in [0.4, 0.5) is 24.1 Å². The highest BCUT2D eigenvalue weighted by Gasteiger charge is 2.24. The zero-order valence-electron chi connectivity index (χ0n) is 12.1. The molecule has 22 heavy (non-hydrogen) atoms. The minimum absolute atomic E-state index is 0.178. The van der Waals surface area contributed by atoms with Gasteiger partial charge in [0.15, 0.2) is 11.6 Å². The number of nitrogens with one attached hydrogen (secondary N) is 1.